The van der Waals surface area contributed by atoms with Crippen LogP contribution in [0.15, 0.2) is 16.8 Å². The van der Waals surface area contributed by atoms with Crippen molar-refractivity contribution in [3.8, 4) is 0 Å². The summed E-state index contributed by atoms with van der Waals surface area (Å²) in [7, 11) is 0. The van der Waals surface area contributed by atoms with Crippen molar-refractivity contribution >= 4 is 6.21 Å². The summed E-state index contributed by atoms with van der Waals surface area (Å²) in [4.78, 5) is 3.41. The Balaban J connectivity index is 2.24. The van der Waals surface area contributed by atoms with E-state index in [2.05, 4.69) is 4.99 Å². The normalized spacial score (nSPS) is 39.0. The van der Waals surface area contributed by atoms with Crippen molar-refractivity contribution in [3.05, 3.63) is 11.8 Å². The molecule has 0 aromatic rings. The fraction of sp³-hybridized carbons (Fsp3) is 0.625. The molecule has 0 aromatic heterocycles. The molecule has 12 heavy (non-hydrogen) atoms. The minimum absolute atomic E-state index is 0.0617. The van der Waals surface area contributed by atoms with Gasteiger partial charge in [-0.25, -0.2) is 0 Å². The molecule has 2 aliphatic rings. The molecule has 0 amide bonds. The summed E-state index contributed by atoms with van der Waals surface area (Å²) in [5.74, 6) is 0.0617. The van der Waals surface area contributed by atoms with Crippen LogP contribution in [0.1, 0.15) is 13.3 Å². The van der Waals surface area contributed by atoms with Crippen LogP contribution in [0, 0.1) is 11.3 Å². The summed E-state index contributed by atoms with van der Waals surface area (Å²) in [5.41, 5.74) is -0.808. The smallest absolute Gasteiger partial charge is 0.256 e. The average Bonchev–Trinajstić information content (AvgIpc) is 2.56. The fourth-order valence-corrected chi connectivity index (χ4v) is 1.43. The minimum Gasteiger partial charge on any atom is -0.256 e. The highest BCUT2D eigenvalue weighted by Crippen LogP contribution is 2.55. The first kappa shape index (κ1) is 7.83. The van der Waals surface area contributed by atoms with Gasteiger partial charge in [-0.1, -0.05) is 6.92 Å². The summed E-state index contributed by atoms with van der Waals surface area (Å²) < 4.78 is 36.2. The van der Waals surface area contributed by atoms with E-state index in [-0.39, 0.29) is 11.3 Å². The Kier molecular flexibility index (Phi) is 1.25. The predicted molar refractivity (Wildman–Crippen MR) is 38.8 cm³/mol. The van der Waals surface area contributed by atoms with Crippen molar-refractivity contribution in [1.29, 1.82) is 0 Å². The second kappa shape index (κ2) is 1.92. The van der Waals surface area contributed by atoms with Gasteiger partial charge < -0.3 is 0 Å². The first-order valence-corrected chi connectivity index (χ1v) is 3.76. The monoisotopic (exact) mass is 175 g/mol. The third kappa shape index (κ3) is 1.06. The highest BCUT2D eigenvalue weighted by atomic mass is 19.4. The topological polar surface area (TPSA) is 12.4 Å². The maximum atomic E-state index is 12.1. The van der Waals surface area contributed by atoms with Gasteiger partial charge in [-0.3, -0.25) is 4.99 Å². The van der Waals surface area contributed by atoms with Gasteiger partial charge in [-0.05, 0) is 18.4 Å². The van der Waals surface area contributed by atoms with E-state index in [4.69, 9.17) is 0 Å². The summed E-state index contributed by atoms with van der Waals surface area (Å²) >= 11 is 0. The summed E-state index contributed by atoms with van der Waals surface area (Å²) in [5, 5.41) is 0. The van der Waals surface area contributed by atoms with Crippen molar-refractivity contribution in [1.82, 2.24) is 0 Å². The molecule has 4 heteroatoms. The molecule has 1 saturated carbocycles. The Hall–Kier alpha value is -0.800. The predicted octanol–water partition coefficient (Wildman–Crippen LogP) is 2.54. The van der Waals surface area contributed by atoms with Crippen LogP contribution in [0.25, 0.3) is 0 Å². The molecule has 2 atom stereocenters. The number of aliphatic imine (C=N–C) groups is 1. The van der Waals surface area contributed by atoms with Gasteiger partial charge in [0.1, 0.15) is 5.70 Å². The molecule has 2 rings (SSSR count). The summed E-state index contributed by atoms with van der Waals surface area (Å²) in [6.07, 6.45) is -0.809. The van der Waals surface area contributed by atoms with E-state index in [0.29, 0.717) is 0 Å². The van der Waals surface area contributed by atoms with Gasteiger partial charge >= 0.3 is 6.18 Å². The maximum absolute atomic E-state index is 12.1. The number of nitrogens with zero attached hydrogens (tertiary/aromatic N) is 1. The minimum atomic E-state index is -4.28. The van der Waals surface area contributed by atoms with Gasteiger partial charge in [0, 0.05) is 11.6 Å². The van der Waals surface area contributed by atoms with Crippen LogP contribution in [0.3, 0.4) is 0 Å². The second-order valence-electron chi connectivity index (χ2n) is 3.62. The molecule has 0 radical (unpaired) electrons. The largest absolute Gasteiger partial charge is 0.433 e. The van der Waals surface area contributed by atoms with Crippen LogP contribution < -0.4 is 0 Å². The molecule has 1 aliphatic carbocycles. The van der Waals surface area contributed by atoms with Crippen molar-refractivity contribution in [2.45, 2.75) is 19.5 Å². The molecular weight excluding hydrogens is 167 g/mol. The molecule has 1 nitrogen and oxygen atoms in total. The van der Waals surface area contributed by atoms with Gasteiger partial charge in [0.15, 0.2) is 0 Å². The zero-order valence-electron chi connectivity index (χ0n) is 6.52. The molecule has 0 saturated heterocycles. The standard InChI is InChI=1S/C8H8F3N/c1-7-3-5(7)2-6(12-4-7)8(9,10)11/h2,4-5H,3H2,1H3. The lowest BCUT2D eigenvalue weighted by Crippen LogP contribution is -2.15. The highest BCUT2D eigenvalue weighted by molar-refractivity contribution is 5.73. The van der Waals surface area contributed by atoms with Crippen molar-refractivity contribution in [2.24, 2.45) is 16.3 Å². The lowest BCUT2D eigenvalue weighted by atomic mass is 10.1. The highest BCUT2D eigenvalue weighted by Gasteiger charge is 2.51. The zero-order chi connectivity index (χ0) is 8.98. The quantitative estimate of drug-likeness (QED) is 0.536. The van der Waals surface area contributed by atoms with Crippen LogP contribution >= 0.6 is 0 Å². The number of fused-ring (bicyclic) bond motifs is 1. The Morgan fingerprint density at radius 3 is 2.75 bits per heavy atom. The molecular formula is C8H8F3N. The van der Waals surface area contributed by atoms with Crippen molar-refractivity contribution < 1.29 is 13.2 Å². The zero-order valence-corrected chi connectivity index (χ0v) is 6.52. The Morgan fingerprint density at radius 1 is 1.58 bits per heavy atom. The van der Waals surface area contributed by atoms with Crippen LogP contribution in [0.5, 0.6) is 0 Å². The number of halogens is 3. The Bertz CT molecular complexity index is 277. The average molecular weight is 175 g/mol. The van der Waals surface area contributed by atoms with E-state index in [1.807, 2.05) is 6.92 Å². The molecule has 0 bridgehead atoms. The van der Waals surface area contributed by atoms with Crippen LogP contribution in [-0.2, 0) is 0 Å². The molecule has 2 unspecified atom stereocenters. The van der Waals surface area contributed by atoms with Gasteiger partial charge in [0.05, 0.1) is 0 Å². The molecule has 66 valence electrons. The van der Waals surface area contributed by atoms with Crippen LogP contribution in [0.2, 0.25) is 0 Å². The van der Waals surface area contributed by atoms with E-state index >= 15 is 0 Å². The molecule has 0 N–H and O–H groups in total. The van der Waals surface area contributed by atoms with Crippen LogP contribution in [0.4, 0.5) is 13.2 Å². The Labute approximate surface area is 68.0 Å². The first-order chi connectivity index (χ1) is 5.42. The van der Waals surface area contributed by atoms with Gasteiger partial charge in [0.2, 0.25) is 0 Å². The molecule has 0 aromatic carbocycles. The lowest BCUT2D eigenvalue weighted by Gasteiger charge is -2.12. The van der Waals surface area contributed by atoms with Crippen LogP contribution in [-0.4, -0.2) is 12.4 Å². The third-order valence-corrected chi connectivity index (χ3v) is 2.49. The maximum Gasteiger partial charge on any atom is 0.433 e. The van der Waals surface area contributed by atoms with E-state index in [1.165, 1.54) is 12.3 Å². The van der Waals surface area contributed by atoms with E-state index in [0.717, 1.165) is 6.42 Å². The van der Waals surface area contributed by atoms with E-state index in [9.17, 15) is 13.2 Å². The lowest BCUT2D eigenvalue weighted by molar-refractivity contribution is -0.0928. The molecule has 1 heterocycles. The first-order valence-electron chi connectivity index (χ1n) is 3.76. The van der Waals surface area contributed by atoms with Crippen molar-refractivity contribution in [2.75, 3.05) is 0 Å². The molecule has 1 aliphatic heterocycles. The van der Waals surface area contributed by atoms with Gasteiger partial charge in [-0.15, -0.1) is 0 Å². The number of alkyl halides is 3. The second-order valence-corrected chi connectivity index (χ2v) is 3.62. The molecule has 0 spiro atoms. The molecule has 1 fully saturated rings. The SMILES string of the molecule is CC12C=NC(C(F)(F)F)=CC1C2. The van der Waals surface area contributed by atoms with Gasteiger partial charge in [-0.2, -0.15) is 13.2 Å². The van der Waals surface area contributed by atoms with E-state index < -0.39 is 11.9 Å². The fourth-order valence-electron chi connectivity index (χ4n) is 1.43. The number of allylic oxidation sites excluding steroid dienone is 2. The third-order valence-electron chi connectivity index (χ3n) is 2.49. The Morgan fingerprint density at radius 2 is 2.25 bits per heavy atom. The van der Waals surface area contributed by atoms with Gasteiger partial charge in [0.25, 0.3) is 0 Å². The number of hydrogen-bond acceptors (Lipinski definition) is 1. The van der Waals surface area contributed by atoms with Crippen molar-refractivity contribution in [3.63, 3.8) is 0 Å². The summed E-state index contributed by atoms with van der Waals surface area (Å²) in [6.45, 7) is 1.92. The number of rotatable bonds is 0. The number of hydrogen-bond donors (Lipinski definition) is 0. The summed E-state index contributed by atoms with van der Waals surface area (Å²) in [6, 6.07) is 0. The van der Waals surface area contributed by atoms with E-state index in [1.54, 1.807) is 0 Å².